The summed E-state index contributed by atoms with van der Waals surface area (Å²) < 4.78 is 5.86. The zero-order valence-electron chi connectivity index (χ0n) is 28.7. The van der Waals surface area contributed by atoms with Crippen molar-refractivity contribution < 1.29 is 24.2 Å². The minimum atomic E-state index is -0.946. The number of carbonyl (C=O) groups is 3. The molecule has 1 aliphatic carbocycles. The fraction of sp³-hybridized carbons (Fsp3) is 0.350. The van der Waals surface area contributed by atoms with Gasteiger partial charge in [0.25, 0.3) is 11.8 Å². The van der Waals surface area contributed by atoms with Gasteiger partial charge in [0, 0.05) is 65.6 Å². The number of thiophene rings is 1. The first-order valence-electron chi connectivity index (χ1n) is 17.5. The zero-order chi connectivity index (χ0) is 35.4. The van der Waals surface area contributed by atoms with E-state index < -0.39 is 5.97 Å². The van der Waals surface area contributed by atoms with E-state index >= 15 is 0 Å². The third-order valence-corrected chi connectivity index (χ3v) is 12.3. The second kappa shape index (κ2) is 13.0. The maximum absolute atomic E-state index is 14.0. The molecule has 10 nitrogen and oxygen atoms in total. The Hall–Kier alpha value is -4.84. The number of anilines is 3. The number of nitrogens with one attached hydrogen (secondary N) is 1. The molecule has 3 atom stereocenters. The second-order valence-electron chi connectivity index (χ2n) is 14.4. The van der Waals surface area contributed by atoms with Crippen molar-refractivity contribution in [3.05, 3.63) is 105 Å². The van der Waals surface area contributed by atoms with Gasteiger partial charge >= 0.3 is 5.97 Å². The van der Waals surface area contributed by atoms with E-state index in [1.165, 1.54) is 11.3 Å². The number of allylic oxidation sites excluding steroid dienone is 1. The van der Waals surface area contributed by atoms with Crippen LogP contribution in [0.25, 0.3) is 11.1 Å². The molecule has 262 valence electrons. The SMILES string of the molecule is CC1=C(c2ccc(C(=O)O)s2)CCN(C(=O)c2ccc(NC(=O)c3cc(C)cnc3N3CC4(CCOCC4C4CC4N)C3)cc2)c2ccccc21. The summed E-state index contributed by atoms with van der Waals surface area (Å²) in [4.78, 5) is 49.3. The van der Waals surface area contributed by atoms with Crippen LogP contribution in [-0.2, 0) is 4.74 Å². The van der Waals surface area contributed by atoms with E-state index in [0.29, 0.717) is 47.4 Å². The first-order chi connectivity index (χ1) is 24.6. The van der Waals surface area contributed by atoms with E-state index in [2.05, 4.69) is 10.2 Å². The van der Waals surface area contributed by atoms with Gasteiger partial charge in [-0.05, 0) is 110 Å². The molecule has 2 aromatic carbocycles. The van der Waals surface area contributed by atoms with Crippen LogP contribution < -0.4 is 20.9 Å². The summed E-state index contributed by atoms with van der Waals surface area (Å²) in [5.74, 6) is 0.304. The molecule has 2 saturated heterocycles. The molecule has 51 heavy (non-hydrogen) atoms. The number of aromatic nitrogens is 1. The summed E-state index contributed by atoms with van der Waals surface area (Å²) in [5.41, 5.74) is 12.7. The summed E-state index contributed by atoms with van der Waals surface area (Å²) in [5, 5.41) is 12.5. The number of nitrogens with two attached hydrogens (primary N) is 1. The van der Waals surface area contributed by atoms with Crippen LogP contribution in [0.15, 0.2) is 72.9 Å². The van der Waals surface area contributed by atoms with Crippen LogP contribution in [0, 0.1) is 24.2 Å². The fourth-order valence-corrected chi connectivity index (χ4v) is 9.24. The molecule has 11 heteroatoms. The average Bonchev–Trinajstić information content (AvgIpc) is 3.68. The topological polar surface area (TPSA) is 138 Å². The van der Waals surface area contributed by atoms with Crippen LogP contribution in [-0.4, -0.2) is 66.8 Å². The van der Waals surface area contributed by atoms with Gasteiger partial charge in [-0.15, -0.1) is 11.3 Å². The average molecular weight is 704 g/mol. The number of aryl methyl sites for hydroxylation is 1. The van der Waals surface area contributed by atoms with Crippen molar-refractivity contribution in [2.75, 3.05) is 48.0 Å². The van der Waals surface area contributed by atoms with Gasteiger partial charge in [-0.25, -0.2) is 9.78 Å². The predicted octanol–water partition coefficient (Wildman–Crippen LogP) is 6.57. The number of nitrogens with zero attached hydrogens (tertiary/aromatic N) is 3. The molecule has 4 aliphatic rings. The minimum Gasteiger partial charge on any atom is -0.477 e. The van der Waals surface area contributed by atoms with E-state index in [9.17, 15) is 19.5 Å². The van der Waals surface area contributed by atoms with Crippen molar-refractivity contribution in [2.24, 2.45) is 23.0 Å². The Bertz CT molecular complexity index is 2070. The highest BCUT2D eigenvalue weighted by Gasteiger charge is 2.57. The summed E-state index contributed by atoms with van der Waals surface area (Å²) in [6.07, 6.45) is 4.45. The lowest BCUT2D eigenvalue weighted by atomic mass is 9.64. The highest BCUT2D eigenvalue weighted by atomic mass is 32.1. The standard InChI is InChI=1S/C40H41N5O5S/c1-23-17-30(36(42-19-23)44-21-40(22-44)14-16-50-20-31(40)29-18-32(29)41)37(46)43-26-9-7-25(8-10-26)38(47)45-15-13-28(34-11-12-35(51-34)39(48)49)24(2)27-5-3-4-6-33(27)45/h3-12,17,19,29,31-32H,13-16,18,20-22,41H2,1-2H3,(H,43,46)(H,48,49). The first kappa shape index (κ1) is 33.3. The normalized spacial score (nSPS) is 22.2. The number of amides is 2. The monoisotopic (exact) mass is 703 g/mol. The lowest BCUT2D eigenvalue weighted by Crippen LogP contribution is -2.64. The second-order valence-corrected chi connectivity index (χ2v) is 15.5. The molecule has 0 radical (unpaired) electrons. The van der Waals surface area contributed by atoms with Gasteiger partial charge in [-0.1, -0.05) is 18.2 Å². The summed E-state index contributed by atoms with van der Waals surface area (Å²) >= 11 is 1.25. The van der Waals surface area contributed by atoms with Crippen LogP contribution in [0.5, 0.6) is 0 Å². The molecule has 2 aromatic heterocycles. The van der Waals surface area contributed by atoms with Crippen molar-refractivity contribution in [2.45, 2.75) is 39.2 Å². The van der Waals surface area contributed by atoms with Crippen LogP contribution in [0.3, 0.4) is 0 Å². The molecule has 3 unspecified atom stereocenters. The molecule has 1 spiro atoms. The van der Waals surface area contributed by atoms with Crippen molar-refractivity contribution >= 4 is 57.5 Å². The zero-order valence-corrected chi connectivity index (χ0v) is 29.5. The lowest BCUT2D eigenvalue weighted by Gasteiger charge is -2.57. The highest BCUT2D eigenvalue weighted by molar-refractivity contribution is 7.15. The Morgan fingerprint density at radius 1 is 1.06 bits per heavy atom. The number of hydrogen-bond donors (Lipinski definition) is 3. The molecule has 4 aromatic rings. The van der Waals surface area contributed by atoms with Crippen LogP contribution >= 0.6 is 11.3 Å². The predicted molar refractivity (Wildman–Crippen MR) is 200 cm³/mol. The maximum Gasteiger partial charge on any atom is 0.345 e. The summed E-state index contributed by atoms with van der Waals surface area (Å²) in [7, 11) is 0. The highest BCUT2D eigenvalue weighted by Crippen LogP contribution is 2.54. The number of ether oxygens (including phenoxy) is 1. The largest absolute Gasteiger partial charge is 0.477 e. The third kappa shape index (κ3) is 6.13. The van der Waals surface area contributed by atoms with Crippen LogP contribution in [0.2, 0.25) is 0 Å². The quantitative estimate of drug-likeness (QED) is 0.197. The van der Waals surface area contributed by atoms with Gasteiger partial charge < -0.3 is 30.7 Å². The van der Waals surface area contributed by atoms with Crippen molar-refractivity contribution in [1.29, 1.82) is 0 Å². The van der Waals surface area contributed by atoms with E-state index in [-0.39, 0.29) is 28.1 Å². The fourth-order valence-electron chi connectivity index (χ4n) is 8.27. The third-order valence-electron chi connectivity index (χ3n) is 11.2. The Labute approximate surface area is 300 Å². The molecule has 0 bridgehead atoms. The van der Waals surface area contributed by atoms with Gasteiger partial charge in [0.05, 0.1) is 17.9 Å². The molecular weight excluding hydrogens is 663 g/mol. The minimum absolute atomic E-state index is 0.151. The number of hydrogen-bond acceptors (Lipinski definition) is 8. The van der Waals surface area contributed by atoms with Gasteiger partial charge in [-0.3, -0.25) is 9.59 Å². The van der Waals surface area contributed by atoms with E-state index in [0.717, 1.165) is 72.0 Å². The van der Waals surface area contributed by atoms with Crippen LogP contribution in [0.1, 0.15) is 72.6 Å². The first-order valence-corrected chi connectivity index (χ1v) is 18.3. The van der Waals surface area contributed by atoms with Gasteiger partial charge in [0.15, 0.2) is 0 Å². The Balaban J connectivity index is 0.976. The van der Waals surface area contributed by atoms with Crippen molar-refractivity contribution in [3.8, 4) is 0 Å². The number of benzene rings is 2. The molecule has 4 N–H and O–H groups in total. The molecule has 5 heterocycles. The van der Waals surface area contributed by atoms with Crippen molar-refractivity contribution in [3.63, 3.8) is 0 Å². The van der Waals surface area contributed by atoms with Gasteiger partial charge in [0.1, 0.15) is 10.7 Å². The van der Waals surface area contributed by atoms with Crippen molar-refractivity contribution in [1.82, 2.24) is 4.98 Å². The number of pyridine rings is 1. The molecule has 3 aliphatic heterocycles. The Morgan fingerprint density at radius 2 is 1.82 bits per heavy atom. The number of fused-ring (bicyclic) bond motifs is 1. The smallest absolute Gasteiger partial charge is 0.345 e. The molecule has 8 rings (SSSR count). The Morgan fingerprint density at radius 3 is 2.55 bits per heavy atom. The number of aromatic carboxylic acids is 1. The summed E-state index contributed by atoms with van der Waals surface area (Å²) in [6, 6.07) is 20.5. The van der Waals surface area contributed by atoms with E-state index in [1.54, 1.807) is 35.2 Å². The molecular formula is C40H41N5O5S. The van der Waals surface area contributed by atoms with E-state index in [4.69, 9.17) is 15.5 Å². The number of carboxylic acid groups (broad SMARTS) is 1. The van der Waals surface area contributed by atoms with E-state index in [1.807, 2.05) is 56.4 Å². The van der Waals surface area contributed by atoms with Gasteiger partial charge in [-0.2, -0.15) is 0 Å². The van der Waals surface area contributed by atoms with Gasteiger partial charge in [0.2, 0.25) is 0 Å². The number of para-hydroxylation sites is 1. The molecule has 2 amide bonds. The Kier molecular flexibility index (Phi) is 8.52. The maximum atomic E-state index is 14.0. The lowest BCUT2D eigenvalue weighted by molar-refractivity contribution is -0.0665. The number of carboxylic acids is 1. The number of carbonyl (C=O) groups excluding carboxylic acids is 2. The summed E-state index contributed by atoms with van der Waals surface area (Å²) in [6.45, 7) is 7.58. The molecule has 1 saturated carbocycles. The van der Waals surface area contributed by atoms with Crippen LogP contribution in [0.4, 0.5) is 17.2 Å². The molecule has 3 fully saturated rings. The number of rotatable bonds is 7.